The fourth-order valence-electron chi connectivity index (χ4n) is 5.01. The highest BCUT2D eigenvalue weighted by Crippen LogP contribution is 2.55. The van der Waals surface area contributed by atoms with E-state index in [-0.39, 0.29) is 18.1 Å². The van der Waals surface area contributed by atoms with Gasteiger partial charge in [-0.3, -0.25) is 4.79 Å². The van der Waals surface area contributed by atoms with Crippen LogP contribution in [-0.4, -0.2) is 36.2 Å². The lowest BCUT2D eigenvalue weighted by Gasteiger charge is -2.56. The van der Waals surface area contributed by atoms with Crippen LogP contribution in [0.1, 0.15) is 44.9 Å². The van der Waals surface area contributed by atoms with Crippen LogP contribution >= 0.6 is 0 Å². The van der Waals surface area contributed by atoms with Crippen LogP contribution in [0.25, 0.3) is 0 Å². The van der Waals surface area contributed by atoms with Crippen molar-refractivity contribution in [3.63, 3.8) is 0 Å². The van der Waals surface area contributed by atoms with Gasteiger partial charge in [0.15, 0.2) is 0 Å². The number of rotatable bonds is 6. The topological polar surface area (TPSA) is 61.4 Å². The first-order valence-corrected chi connectivity index (χ1v) is 7.82. The summed E-state index contributed by atoms with van der Waals surface area (Å²) in [5.41, 5.74) is 0.129. The summed E-state index contributed by atoms with van der Waals surface area (Å²) in [5.74, 6) is 2.75. The fraction of sp³-hybridized carbons (Fsp3) is 0.933. The van der Waals surface area contributed by atoms with Crippen LogP contribution < -0.4 is 10.6 Å². The zero-order chi connectivity index (χ0) is 13.3. The third-order valence-corrected chi connectivity index (χ3v) is 5.24. The Morgan fingerprint density at radius 2 is 1.68 bits per heavy atom. The van der Waals surface area contributed by atoms with E-state index in [0.29, 0.717) is 19.5 Å². The van der Waals surface area contributed by atoms with Crippen LogP contribution in [-0.2, 0) is 4.79 Å². The van der Waals surface area contributed by atoms with Crippen molar-refractivity contribution < 1.29 is 9.90 Å². The summed E-state index contributed by atoms with van der Waals surface area (Å²) >= 11 is 0. The molecule has 0 unspecified atom stereocenters. The van der Waals surface area contributed by atoms with Gasteiger partial charge in [-0.05, 0) is 69.2 Å². The third-order valence-electron chi connectivity index (χ3n) is 5.24. The zero-order valence-electron chi connectivity index (χ0n) is 11.7. The van der Waals surface area contributed by atoms with Crippen molar-refractivity contribution in [1.29, 1.82) is 0 Å². The summed E-state index contributed by atoms with van der Waals surface area (Å²) < 4.78 is 0. The number of aliphatic hydroxyl groups is 1. The molecule has 0 spiro atoms. The van der Waals surface area contributed by atoms with Crippen LogP contribution in [0.5, 0.6) is 0 Å². The van der Waals surface area contributed by atoms with E-state index in [1.807, 2.05) is 0 Å². The molecule has 4 aliphatic carbocycles. The van der Waals surface area contributed by atoms with Crippen LogP contribution in [0.15, 0.2) is 0 Å². The zero-order valence-corrected chi connectivity index (χ0v) is 11.7. The minimum atomic E-state index is 0.129. The normalized spacial score (nSPS) is 39.5. The predicted molar refractivity (Wildman–Crippen MR) is 73.6 cm³/mol. The summed E-state index contributed by atoms with van der Waals surface area (Å²) in [6, 6.07) is 0. The molecule has 4 heteroatoms. The van der Waals surface area contributed by atoms with Gasteiger partial charge in [0.2, 0.25) is 5.91 Å². The second-order valence-electron chi connectivity index (χ2n) is 7.00. The van der Waals surface area contributed by atoms with Crippen molar-refractivity contribution in [3.05, 3.63) is 0 Å². The van der Waals surface area contributed by atoms with Gasteiger partial charge in [-0.15, -0.1) is 0 Å². The van der Waals surface area contributed by atoms with Gasteiger partial charge in [0, 0.05) is 12.1 Å². The molecule has 4 bridgehead atoms. The molecule has 1 amide bonds. The molecule has 0 atom stereocenters. The van der Waals surface area contributed by atoms with Crippen LogP contribution in [0, 0.1) is 17.8 Å². The molecule has 4 rings (SSSR count). The first-order chi connectivity index (χ1) is 9.19. The number of aliphatic hydroxyl groups excluding tert-OH is 1. The fourth-order valence-corrected chi connectivity index (χ4v) is 5.01. The molecule has 0 aliphatic heterocycles. The molecular formula is C15H26N2O2. The molecule has 0 aromatic heterocycles. The Labute approximate surface area is 115 Å². The molecule has 0 aromatic rings. The summed E-state index contributed by atoms with van der Waals surface area (Å²) in [7, 11) is 0. The molecule has 0 saturated heterocycles. The lowest BCUT2D eigenvalue weighted by Crippen LogP contribution is -2.60. The molecule has 4 saturated carbocycles. The van der Waals surface area contributed by atoms with E-state index >= 15 is 0 Å². The molecule has 0 radical (unpaired) electrons. The number of carbonyl (C=O) groups is 1. The van der Waals surface area contributed by atoms with Gasteiger partial charge < -0.3 is 15.7 Å². The third kappa shape index (κ3) is 2.95. The monoisotopic (exact) mass is 266 g/mol. The predicted octanol–water partition coefficient (Wildman–Crippen LogP) is 1.04. The van der Waals surface area contributed by atoms with Gasteiger partial charge in [0.25, 0.3) is 0 Å². The smallest absolute Gasteiger partial charge is 0.234 e. The second kappa shape index (κ2) is 5.41. The molecule has 3 N–H and O–H groups in total. The van der Waals surface area contributed by atoms with Crippen molar-refractivity contribution in [1.82, 2.24) is 10.6 Å². The maximum atomic E-state index is 12.1. The van der Waals surface area contributed by atoms with E-state index in [9.17, 15) is 4.79 Å². The standard InChI is InChI=1S/C15H26N2O2/c18-3-1-2-16-10-14(19)17-15-7-11-4-12(8-15)6-13(5-11)9-15/h11-13,16,18H,1-10H2,(H,17,19). The van der Waals surface area contributed by atoms with Gasteiger partial charge in [-0.25, -0.2) is 0 Å². The number of carbonyl (C=O) groups excluding carboxylic acids is 1. The average molecular weight is 266 g/mol. The Morgan fingerprint density at radius 1 is 1.11 bits per heavy atom. The molecule has 4 fully saturated rings. The van der Waals surface area contributed by atoms with E-state index in [1.165, 1.54) is 38.5 Å². The highest BCUT2D eigenvalue weighted by atomic mass is 16.3. The molecule has 4 aliphatic rings. The van der Waals surface area contributed by atoms with Crippen molar-refractivity contribution >= 4 is 5.91 Å². The van der Waals surface area contributed by atoms with Crippen LogP contribution in [0.2, 0.25) is 0 Å². The van der Waals surface area contributed by atoms with Crippen molar-refractivity contribution in [2.45, 2.75) is 50.5 Å². The Balaban J connectivity index is 1.50. The van der Waals surface area contributed by atoms with Gasteiger partial charge in [0.1, 0.15) is 0 Å². The summed E-state index contributed by atoms with van der Waals surface area (Å²) in [5, 5.41) is 15.1. The van der Waals surface area contributed by atoms with Crippen LogP contribution in [0.3, 0.4) is 0 Å². The average Bonchev–Trinajstić information content (AvgIpc) is 2.32. The minimum absolute atomic E-state index is 0.129. The number of amides is 1. The van der Waals surface area contributed by atoms with E-state index in [2.05, 4.69) is 10.6 Å². The molecule has 4 nitrogen and oxygen atoms in total. The Kier molecular flexibility index (Phi) is 3.81. The lowest BCUT2D eigenvalue weighted by molar-refractivity contribution is -0.126. The van der Waals surface area contributed by atoms with Crippen molar-refractivity contribution in [2.24, 2.45) is 17.8 Å². The summed E-state index contributed by atoms with van der Waals surface area (Å²) in [4.78, 5) is 12.1. The summed E-state index contributed by atoms with van der Waals surface area (Å²) in [6.45, 7) is 1.29. The first kappa shape index (κ1) is 13.4. The largest absolute Gasteiger partial charge is 0.396 e. The Morgan fingerprint density at radius 3 is 2.21 bits per heavy atom. The van der Waals surface area contributed by atoms with Crippen molar-refractivity contribution in [2.75, 3.05) is 19.7 Å². The lowest BCUT2D eigenvalue weighted by atomic mass is 9.53. The number of hydrogen-bond acceptors (Lipinski definition) is 3. The molecule has 108 valence electrons. The highest BCUT2D eigenvalue weighted by Gasteiger charge is 2.51. The maximum Gasteiger partial charge on any atom is 0.234 e. The van der Waals surface area contributed by atoms with Gasteiger partial charge in [0.05, 0.1) is 6.54 Å². The summed E-state index contributed by atoms with van der Waals surface area (Å²) in [6.07, 6.45) is 8.56. The van der Waals surface area contributed by atoms with E-state index in [4.69, 9.17) is 5.11 Å². The second-order valence-corrected chi connectivity index (χ2v) is 7.00. The van der Waals surface area contributed by atoms with Crippen LogP contribution in [0.4, 0.5) is 0 Å². The van der Waals surface area contributed by atoms with E-state index in [1.54, 1.807) is 0 Å². The first-order valence-electron chi connectivity index (χ1n) is 7.82. The van der Waals surface area contributed by atoms with Gasteiger partial charge in [-0.2, -0.15) is 0 Å². The minimum Gasteiger partial charge on any atom is -0.396 e. The van der Waals surface area contributed by atoms with Gasteiger partial charge in [-0.1, -0.05) is 0 Å². The number of nitrogens with one attached hydrogen (secondary N) is 2. The SMILES string of the molecule is O=C(CNCCCO)NC12CC3CC(CC(C3)C1)C2. The maximum absolute atomic E-state index is 12.1. The Hall–Kier alpha value is -0.610. The van der Waals surface area contributed by atoms with Gasteiger partial charge >= 0.3 is 0 Å². The number of hydrogen-bond donors (Lipinski definition) is 3. The Bertz CT molecular complexity index is 308. The highest BCUT2D eigenvalue weighted by molar-refractivity contribution is 5.79. The molecule has 0 aromatic carbocycles. The molecular weight excluding hydrogens is 240 g/mol. The van der Waals surface area contributed by atoms with Crippen molar-refractivity contribution in [3.8, 4) is 0 Å². The molecule has 0 heterocycles. The van der Waals surface area contributed by atoms with E-state index < -0.39 is 0 Å². The van der Waals surface area contributed by atoms with E-state index in [0.717, 1.165) is 17.8 Å². The quantitative estimate of drug-likeness (QED) is 0.630. The molecule has 19 heavy (non-hydrogen) atoms.